The van der Waals surface area contributed by atoms with Gasteiger partial charge in [-0.3, -0.25) is 4.79 Å². The van der Waals surface area contributed by atoms with Gasteiger partial charge in [0.2, 0.25) is 0 Å². The number of nitrogens with two attached hydrogens (primary N) is 1. The SMILES string of the molecule is NC(Cc1cccc(OCCc2cccc3c2CCCC3)c1)C(=O)O. The topological polar surface area (TPSA) is 72.5 Å². The van der Waals surface area contributed by atoms with Gasteiger partial charge in [0.1, 0.15) is 11.8 Å². The Morgan fingerprint density at radius 1 is 1.16 bits per heavy atom. The van der Waals surface area contributed by atoms with Crippen LogP contribution in [0.15, 0.2) is 42.5 Å². The molecule has 3 N–H and O–H groups in total. The van der Waals surface area contributed by atoms with E-state index >= 15 is 0 Å². The van der Waals surface area contributed by atoms with Gasteiger partial charge in [-0.25, -0.2) is 0 Å². The molecule has 0 spiro atoms. The van der Waals surface area contributed by atoms with E-state index in [4.69, 9.17) is 15.6 Å². The van der Waals surface area contributed by atoms with Gasteiger partial charge < -0.3 is 15.6 Å². The molecule has 0 heterocycles. The average Bonchev–Trinajstić information content (AvgIpc) is 2.62. The summed E-state index contributed by atoms with van der Waals surface area (Å²) in [5, 5.41) is 8.92. The summed E-state index contributed by atoms with van der Waals surface area (Å²) in [4.78, 5) is 10.9. The first-order valence-corrected chi connectivity index (χ1v) is 8.93. The van der Waals surface area contributed by atoms with E-state index in [-0.39, 0.29) is 0 Å². The lowest BCUT2D eigenvalue weighted by Gasteiger charge is -2.19. The summed E-state index contributed by atoms with van der Waals surface area (Å²) in [6.07, 6.45) is 6.12. The number of carboxylic acid groups (broad SMARTS) is 1. The third-order valence-electron chi connectivity index (χ3n) is 4.80. The second-order valence-corrected chi connectivity index (χ2v) is 6.66. The summed E-state index contributed by atoms with van der Waals surface area (Å²) in [5.74, 6) is -0.222. The molecule has 1 atom stereocenters. The van der Waals surface area contributed by atoms with Crippen molar-refractivity contribution in [3.63, 3.8) is 0 Å². The summed E-state index contributed by atoms with van der Waals surface area (Å²) in [6, 6.07) is 13.2. The number of carbonyl (C=O) groups is 1. The Balaban J connectivity index is 1.58. The van der Waals surface area contributed by atoms with Crippen LogP contribution in [0.1, 0.15) is 35.1 Å². The smallest absolute Gasteiger partial charge is 0.320 e. The van der Waals surface area contributed by atoms with Crippen molar-refractivity contribution in [2.45, 2.75) is 44.6 Å². The second-order valence-electron chi connectivity index (χ2n) is 6.66. The normalized spacial score (nSPS) is 14.6. The molecule has 4 heteroatoms. The Kier molecular flexibility index (Phi) is 5.71. The highest BCUT2D eigenvalue weighted by Crippen LogP contribution is 2.25. The van der Waals surface area contributed by atoms with Crippen molar-refractivity contribution in [2.75, 3.05) is 6.61 Å². The maximum atomic E-state index is 10.9. The average molecular weight is 339 g/mol. The first-order valence-electron chi connectivity index (χ1n) is 8.93. The zero-order valence-electron chi connectivity index (χ0n) is 14.4. The number of carboxylic acids is 1. The maximum absolute atomic E-state index is 10.9. The van der Waals surface area contributed by atoms with Crippen molar-refractivity contribution in [3.8, 4) is 5.75 Å². The summed E-state index contributed by atoms with van der Waals surface area (Å²) >= 11 is 0. The van der Waals surface area contributed by atoms with Gasteiger partial charge >= 0.3 is 5.97 Å². The van der Waals surface area contributed by atoms with E-state index in [0.717, 1.165) is 17.7 Å². The molecular formula is C21H25NO3. The fourth-order valence-electron chi connectivity index (χ4n) is 3.48. The third-order valence-corrected chi connectivity index (χ3v) is 4.80. The molecule has 2 aromatic carbocycles. The number of hydrogen-bond acceptors (Lipinski definition) is 3. The van der Waals surface area contributed by atoms with Crippen LogP contribution in [0.25, 0.3) is 0 Å². The lowest BCUT2D eigenvalue weighted by atomic mass is 9.87. The van der Waals surface area contributed by atoms with Gasteiger partial charge in [-0.15, -0.1) is 0 Å². The Morgan fingerprint density at radius 2 is 1.96 bits per heavy atom. The summed E-state index contributed by atoms with van der Waals surface area (Å²) < 4.78 is 5.90. The highest BCUT2D eigenvalue weighted by molar-refractivity contribution is 5.73. The van der Waals surface area contributed by atoms with Crippen LogP contribution in [0.3, 0.4) is 0 Å². The molecule has 4 nitrogen and oxygen atoms in total. The molecule has 0 saturated heterocycles. The first-order chi connectivity index (χ1) is 12.1. The fourth-order valence-corrected chi connectivity index (χ4v) is 3.48. The minimum Gasteiger partial charge on any atom is -0.493 e. The molecule has 0 fully saturated rings. The second kappa shape index (κ2) is 8.17. The predicted molar refractivity (Wildman–Crippen MR) is 98.0 cm³/mol. The molecule has 3 rings (SSSR count). The lowest BCUT2D eigenvalue weighted by Crippen LogP contribution is -2.32. The van der Waals surface area contributed by atoms with Gasteiger partial charge in [0.05, 0.1) is 6.61 Å². The number of rotatable bonds is 7. The summed E-state index contributed by atoms with van der Waals surface area (Å²) in [6.45, 7) is 0.616. The molecule has 25 heavy (non-hydrogen) atoms. The highest BCUT2D eigenvalue weighted by atomic mass is 16.5. The zero-order chi connectivity index (χ0) is 17.6. The van der Waals surface area contributed by atoms with Gasteiger partial charge in [0, 0.05) is 6.42 Å². The standard InChI is InChI=1S/C21H25NO3/c22-20(21(23)24)14-15-5-3-9-18(13-15)25-12-11-17-8-4-7-16-6-1-2-10-19(16)17/h3-5,7-9,13,20H,1-2,6,10-12,14,22H2,(H,23,24). The Bertz CT molecular complexity index is 742. The summed E-state index contributed by atoms with van der Waals surface area (Å²) in [5.41, 5.74) is 10.9. The molecule has 0 saturated carbocycles. The molecule has 2 aromatic rings. The van der Waals surface area contributed by atoms with Gasteiger partial charge in [-0.05, 0) is 66.5 Å². The zero-order valence-corrected chi connectivity index (χ0v) is 14.4. The lowest BCUT2D eigenvalue weighted by molar-refractivity contribution is -0.138. The number of ether oxygens (including phenoxy) is 1. The van der Waals surface area contributed by atoms with E-state index in [2.05, 4.69) is 18.2 Å². The van der Waals surface area contributed by atoms with Crippen molar-refractivity contribution < 1.29 is 14.6 Å². The van der Waals surface area contributed by atoms with E-state index in [1.165, 1.54) is 42.4 Å². The number of benzene rings is 2. The number of fused-ring (bicyclic) bond motifs is 1. The van der Waals surface area contributed by atoms with Gasteiger partial charge in [-0.2, -0.15) is 0 Å². The maximum Gasteiger partial charge on any atom is 0.320 e. The van der Waals surface area contributed by atoms with Crippen LogP contribution >= 0.6 is 0 Å². The van der Waals surface area contributed by atoms with E-state index in [9.17, 15) is 4.79 Å². The van der Waals surface area contributed by atoms with Crippen molar-refractivity contribution >= 4 is 5.97 Å². The Labute approximate surface area is 148 Å². The molecule has 1 aliphatic carbocycles. The van der Waals surface area contributed by atoms with Crippen molar-refractivity contribution in [2.24, 2.45) is 5.73 Å². The highest BCUT2D eigenvalue weighted by Gasteiger charge is 2.14. The van der Waals surface area contributed by atoms with Crippen LogP contribution < -0.4 is 10.5 Å². The molecule has 0 aromatic heterocycles. The number of aliphatic carboxylic acids is 1. The van der Waals surface area contributed by atoms with Crippen molar-refractivity contribution in [1.29, 1.82) is 0 Å². The van der Waals surface area contributed by atoms with Crippen molar-refractivity contribution in [1.82, 2.24) is 0 Å². The number of aryl methyl sites for hydroxylation is 1. The molecule has 0 aliphatic heterocycles. The van der Waals surface area contributed by atoms with Crippen LogP contribution in [0.2, 0.25) is 0 Å². The predicted octanol–water partition coefficient (Wildman–Crippen LogP) is 3.14. The molecule has 1 aliphatic rings. The van der Waals surface area contributed by atoms with E-state index in [1.54, 1.807) is 0 Å². The van der Waals surface area contributed by atoms with Crippen LogP contribution in [0.4, 0.5) is 0 Å². The van der Waals surface area contributed by atoms with Crippen LogP contribution in [-0.2, 0) is 30.5 Å². The minimum absolute atomic E-state index is 0.304. The largest absolute Gasteiger partial charge is 0.493 e. The monoisotopic (exact) mass is 339 g/mol. The van der Waals surface area contributed by atoms with E-state index in [0.29, 0.717) is 13.0 Å². The molecule has 0 amide bonds. The quantitative estimate of drug-likeness (QED) is 0.813. The Morgan fingerprint density at radius 3 is 2.80 bits per heavy atom. The van der Waals surface area contributed by atoms with E-state index in [1.807, 2.05) is 24.3 Å². The molecule has 132 valence electrons. The summed E-state index contributed by atoms with van der Waals surface area (Å²) in [7, 11) is 0. The molecular weight excluding hydrogens is 314 g/mol. The number of hydrogen-bond donors (Lipinski definition) is 2. The van der Waals surface area contributed by atoms with E-state index < -0.39 is 12.0 Å². The Hall–Kier alpha value is -2.33. The molecule has 0 bridgehead atoms. The molecule has 0 radical (unpaired) electrons. The van der Waals surface area contributed by atoms with Gasteiger partial charge in [0.15, 0.2) is 0 Å². The molecule has 1 unspecified atom stereocenters. The van der Waals surface area contributed by atoms with Gasteiger partial charge in [0.25, 0.3) is 0 Å². The van der Waals surface area contributed by atoms with Gasteiger partial charge in [-0.1, -0.05) is 30.3 Å². The van der Waals surface area contributed by atoms with Crippen molar-refractivity contribution in [3.05, 3.63) is 64.7 Å². The fraction of sp³-hybridized carbons (Fsp3) is 0.381. The minimum atomic E-state index is -0.986. The first kappa shape index (κ1) is 17.5. The van der Waals surface area contributed by atoms with Crippen LogP contribution in [-0.4, -0.2) is 23.7 Å². The van der Waals surface area contributed by atoms with Crippen LogP contribution in [0.5, 0.6) is 5.75 Å². The van der Waals surface area contributed by atoms with Crippen LogP contribution in [0, 0.1) is 0 Å². The third kappa shape index (κ3) is 4.60.